The summed E-state index contributed by atoms with van der Waals surface area (Å²) in [5.41, 5.74) is 1.32. The minimum absolute atomic E-state index is 0.176. The van der Waals surface area contributed by atoms with Crippen molar-refractivity contribution in [3.63, 3.8) is 0 Å². The highest BCUT2D eigenvalue weighted by Crippen LogP contribution is 2.31. The van der Waals surface area contributed by atoms with E-state index in [1.54, 1.807) is 18.2 Å². The van der Waals surface area contributed by atoms with Gasteiger partial charge in [0.15, 0.2) is 11.6 Å². The van der Waals surface area contributed by atoms with Crippen LogP contribution in [0.2, 0.25) is 10.0 Å². The Morgan fingerprint density at radius 1 is 1.10 bits per heavy atom. The summed E-state index contributed by atoms with van der Waals surface area (Å²) in [6.45, 7) is 2.57. The first-order valence-corrected chi connectivity index (χ1v) is 6.91. The van der Waals surface area contributed by atoms with Crippen LogP contribution in [0, 0.1) is 11.6 Å². The molecule has 20 heavy (non-hydrogen) atoms. The number of rotatable bonds is 4. The highest BCUT2D eigenvalue weighted by atomic mass is 35.5. The van der Waals surface area contributed by atoms with Gasteiger partial charge in [0.25, 0.3) is 0 Å². The summed E-state index contributed by atoms with van der Waals surface area (Å²) in [7, 11) is 0. The maximum atomic E-state index is 13.5. The molecule has 0 heterocycles. The average molecular weight is 316 g/mol. The molecule has 0 aliphatic carbocycles. The van der Waals surface area contributed by atoms with Crippen molar-refractivity contribution in [1.82, 2.24) is 5.32 Å². The van der Waals surface area contributed by atoms with Crippen molar-refractivity contribution in [3.8, 4) is 0 Å². The molecule has 0 amide bonds. The number of halogens is 4. The molecule has 0 bridgehead atoms. The maximum Gasteiger partial charge on any atom is 0.160 e. The van der Waals surface area contributed by atoms with Gasteiger partial charge in [-0.15, -0.1) is 0 Å². The molecule has 0 aromatic heterocycles. The van der Waals surface area contributed by atoms with Crippen molar-refractivity contribution in [1.29, 1.82) is 0 Å². The van der Waals surface area contributed by atoms with E-state index >= 15 is 0 Å². The third-order valence-electron chi connectivity index (χ3n) is 2.94. The van der Waals surface area contributed by atoms with Crippen LogP contribution in [0.5, 0.6) is 0 Å². The first kappa shape index (κ1) is 15.2. The molecule has 1 N–H and O–H groups in total. The molecule has 0 saturated carbocycles. The van der Waals surface area contributed by atoms with Crippen molar-refractivity contribution in [2.45, 2.75) is 13.0 Å². The van der Waals surface area contributed by atoms with E-state index in [2.05, 4.69) is 5.32 Å². The van der Waals surface area contributed by atoms with E-state index in [0.29, 0.717) is 17.1 Å². The summed E-state index contributed by atoms with van der Waals surface area (Å²) in [5.74, 6) is -1.88. The molecule has 5 heteroatoms. The minimum atomic E-state index is -0.958. The van der Waals surface area contributed by atoms with Gasteiger partial charge in [-0.05, 0) is 41.9 Å². The maximum absolute atomic E-state index is 13.5. The van der Waals surface area contributed by atoms with E-state index in [0.717, 1.165) is 17.7 Å². The molecular formula is C15H13Cl2F2N. The van der Waals surface area contributed by atoms with E-state index in [1.165, 1.54) is 0 Å². The summed E-state index contributed by atoms with van der Waals surface area (Å²) in [5, 5.41) is 3.95. The summed E-state index contributed by atoms with van der Waals surface area (Å²) in [6.07, 6.45) is 0. The van der Waals surface area contributed by atoms with Crippen LogP contribution >= 0.6 is 23.2 Å². The molecule has 2 aromatic rings. The van der Waals surface area contributed by atoms with Crippen LogP contribution in [0.3, 0.4) is 0 Å². The Bertz CT molecular complexity index is 617. The highest BCUT2D eigenvalue weighted by molar-refractivity contribution is 6.31. The zero-order chi connectivity index (χ0) is 14.7. The number of hydrogen-bond acceptors (Lipinski definition) is 1. The Morgan fingerprint density at radius 3 is 2.45 bits per heavy atom. The van der Waals surface area contributed by atoms with Crippen molar-refractivity contribution < 1.29 is 8.78 Å². The molecular weight excluding hydrogens is 303 g/mol. The van der Waals surface area contributed by atoms with Gasteiger partial charge < -0.3 is 5.32 Å². The predicted octanol–water partition coefficient (Wildman–Crippen LogP) is 4.97. The van der Waals surface area contributed by atoms with E-state index in [-0.39, 0.29) is 11.1 Å². The van der Waals surface area contributed by atoms with Crippen molar-refractivity contribution >= 4 is 23.2 Å². The smallest absolute Gasteiger partial charge is 0.160 e. The zero-order valence-corrected chi connectivity index (χ0v) is 12.3. The first-order chi connectivity index (χ1) is 9.52. The van der Waals surface area contributed by atoms with Crippen LogP contribution in [0.4, 0.5) is 8.78 Å². The number of nitrogens with one attached hydrogen (secondary N) is 1. The lowest BCUT2D eigenvalue weighted by Crippen LogP contribution is -2.22. The summed E-state index contributed by atoms with van der Waals surface area (Å²) in [6, 6.07) is 8.94. The second-order valence-electron chi connectivity index (χ2n) is 4.33. The molecule has 1 unspecified atom stereocenters. The summed E-state index contributed by atoms with van der Waals surface area (Å²) in [4.78, 5) is 0. The topological polar surface area (TPSA) is 12.0 Å². The Balaban J connectivity index is 2.51. The van der Waals surface area contributed by atoms with Gasteiger partial charge in [0.05, 0.1) is 6.04 Å². The van der Waals surface area contributed by atoms with Crippen molar-refractivity contribution in [2.24, 2.45) is 0 Å². The van der Waals surface area contributed by atoms with Gasteiger partial charge in [-0.3, -0.25) is 0 Å². The molecule has 0 aliphatic heterocycles. The number of benzene rings is 2. The van der Waals surface area contributed by atoms with E-state index in [1.807, 2.05) is 13.0 Å². The Hall–Kier alpha value is -1.16. The molecule has 0 saturated heterocycles. The van der Waals surface area contributed by atoms with Crippen LogP contribution < -0.4 is 5.32 Å². The van der Waals surface area contributed by atoms with Crippen LogP contribution in [-0.2, 0) is 0 Å². The highest BCUT2D eigenvalue weighted by Gasteiger charge is 2.19. The van der Waals surface area contributed by atoms with E-state index < -0.39 is 11.6 Å². The van der Waals surface area contributed by atoms with Crippen LogP contribution in [0.25, 0.3) is 0 Å². The van der Waals surface area contributed by atoms with Crippen LogP contribution in [0.1, 0.15) is 24.1 Å². The van der Waals surface area contributed by atoms with Crippen molar-refractivity contribution in [3.05, 3.63) is 69.2 Å². The third kappa shape index (κ3) is 3.29. The fourth-order valence-electron chi connectivity index (χ4n) is 2.06. The van der Waals surface area contributed by atoms with Crippen LogP contribution in [-0.4, -0.2) is 6.54 Å². The standard InChI is InChI=1S/C15H13Cl2F2N/c1-2-20-15(9-4-3-5-10(16)6-9)11-7-13(18)14(19)8-12(11)17/h3-8,15,20H,2H2,1H3. The predicted molar refractivity (Wildman–Crippen MR) is 78.3 cm³/mol. The lowest BCUT2D eigenvalue weighted by Gasteiger charge is -2.20. The van der Waals surface area contributed by atoms with Gasteiger partial charge in [-0.1, -0.05) is 42.3 Å². The van der Waals surface area contributed by atoms with Gasteiger partial charge >= 0.3 is 0 Å². The van der Waals surface area contributed by atoms with Crippen molar-refractivity contribution in [2.75, 3.05) is 6.54 Å². The Kier molecular flexibility index (Phi) is 4.97. The minimum Gasteiger partial charge on any atom is -0.306 e. The van der Waals surface area contributed by atoms with Gasteiger partial charge in [-0.25, -0.2) is 8.78 Å². The van der Waals surface area contributed by atoms with E-state index in [4.69, 9.17) is 23.2 Å². The molecule has 0 radical (unpaired) electrons. The van der Waals surface area contributed by atoms with Gasteiger partial charge in [0, 0.05) is 10.0 Å². The number of hydrogen-bond donors (Lipinski definition) is 1. The zero-order valence-electron chi connectivity index (χ0n) is 10.8. The SMILES string of the molecule is CCNC(c1cccc(Cl)c1)c1cc(F)c(F)cc1Cl. The van der Waals surface area contributed by atoms with Gasteiger partial charge in [-0.2, -0.15) is 0 Å². The van der Waals surface area contributed by atoms with Gasteiger partial charge in [0.1, 0.15) is 0 Å². The lowest BCUT2D eigenvalue weighted by atomic mass is 9.98. The molecule has 1 atom stereocenters. The quantitative estimate of drug-likeness (QED) is 0.785. The van der Waals surface area contributed by atoms with Crippen LogP contribution in [0.15, 0.2) is 36.4 Å². The van der Waals surface area contributed by atoms with E-state index in [9.17, 15) is 8.78 Å². The fraction of sp³-hybridized carbons (Fsp3) is 0.200. The Labute approximate surface area is 126 Å². The summed E-state index contributed by atoms with van der Waals surface area (Å²) < 4.78 is 26.6. The second-order valence-corrected chi connectivity index (χ2v) is 5.18. The molecule has 2 rings (SSSR count). The second kappa shape index (κ2) is 6.53. The molecule has 106 valence electrons. The molecule has 2 aromatic carbocycles. The third-order valence-corrected chi connectivity index (χ3v) is 3.50. The Morgan fingerprint density at radius 2 is 1.80 bits per heavy atom. The lowest BCUT2D eigenvalue weighted by molar-refractivity contribution is 0.504. The van der Waals surface area contributed by atoms with Gasteiger partial charge in [0.2, 0.25) is 0 Å². The first-order valence-electron chi connectivity index (χ1n) is 6.16. The molecule has 0 aliphatic rings. The molecule has 1 nitrogen and oxygen atoms in total. The molecule has 0 spiro atoms. The largest absolute Gasteiger partial charge is 0.306 e. The monoisotopic (exact) mass is 315 g/mol. The average Bonchev–Trinajstić information content (AvgIpc) is 2.40. The normalized spacial score (nSPS) is 12.4. The fourth-order valence-corrected chi connectivity index (χ4v) is 2.51. The molecule has 0 fully saturated rings. The summed E-state index contributed by atoms with van der Waals surface area (Å²) >= 11 is 12.0.